The van der Waals surface area contributed by atoms with Gasteiger partial charge in [-0.05, 0) is 0 Å². The molecule has 6 nitrogen and oxygen atoms in total. The van der Waals surface area contributed by atoms with Crippen molar-refractivity contribution in [3.05, 3.63) is 0 Å². The molecule has 0 unspecified atom stereocenters. The molecule has 0 heterocycles. The van der Waals surface area contributed by atoms with Gasteiger partial charge in [-0.1, -0.05) is 0 Å². The van der Waals surface area contributed by atoms with E-state index in [1.807, 2.05) is 0 Å². The lowest BCUT2D eigenvalue weighted by Gasteiger charge is -2.00. The van der Waals surface area contributed by atoms with Gasteiger partial charge in [-0.2, -0.15) is 4.99 Å². The van der Waals surface area contributed by atoms with E-state index >= 15 is 0 Å². The Morgan fingerprint density at radius 1 is 1.55 bits per heavy atom. The first-order valence-electron chi connectivity index (χ1n) is 2.83. The summed E-state index contributed by atoms with van der Waals surface area (Å²) in [6.45, 7) is 0. The average molecular weight is 158 g/mol. The topological polar surface area (TPSA) is 87.8 Å². The average Bonchev–Trinajstić information content (AvgIpc) is 1.82. The number of nitrogens with zero attached hydrogens (tertiary/aromatic N) is 2. The molecule has 0 aromatic heterocycles. The minimum atomic E-state index is -0.911. The number of rotatable bonds is 1. The Kier molecular flexibility index (Phi) is 3.65. The Morgan fingerprint density at radius 3 is 2.45 bits per heavy atom. The molecule has 0 bridgehead atoms. The van der Waals surface area contributed by atoms with Crippen molar-refractivity contribution in [1.82, 2.24) is 10.2 Å². The highest BCUT2D eigenvalue weighted by molar-refractivity contribution is 5.95. The molecular weight excluding hydrogens is 148 g/mol. The standard InChI is InChI=1S/C5H10N4O2/c1-9(2)3-7-5(11)8-4(6)10/h3H,1-2H3,(H3,6,8,10,11)/b7-3-. The van der Waals surface area contributed by atoms with E-state index in [9.17, 15) is 9.59 Å². The lowest BCUT2D eigenvalue weighted by atomic mass is 10.9. The fourth-order valence-electron chi connectivity index (χ4n) is 0.306. The molecule has 6 heteroatoms. The van der Waals surface area contributed by atoms with Crippen LogP contribution < -0.4 is 11.1 Å². The van der Waals surface area contributed by atoms with E-state index in [-0.39, 0.29) is 0 Å². The number of urea groups is 2. The number of aliphatic imine (C=N–C) groups is 1. The van der Waals surface area contributed by atoms with E-state index in [0.29, 0.717) is 0 Å². The maximum absolute atomic E-state index is 10.5. The molecule has 0 saturated heterocycles. The van der Waals surface area contributed by atoms with Crippen LogP contribution in [0.15, 0.2) is 4.99 Å². The van der Waals surface area contributed by atoms with Gasteiger partial charge in [0.2, 0.25) is 0 Å². The van der Waals surface area contributed by atoms with E-state index < -0.39 is 12.1 Å². The molecule has 0 rings (SSSR count). The molecule has 3 N–H and O–H groups in total. The number of imide groups is 1. The lowest BCUT2D eigenvalue weighted by Crippen LogP contribution is -2.33. The number of nitrogens with two attached hydrogens (primary N) is 1. The highest BCUT2D eigenvalue weighted by Gasteiger charge is 1.98. The number of hydrogen-bond acceptors (Lipinski definition) is 2. The summed E-state index contributed by atoms with van der Waals surface area (Å²) in [4.78, 5) is 25.4. The van der Waals surface area contributed by atoms with Crippen LogP contribution in [-0.4, -0.2) is 37.4 Å². The van der Waals surface area contributed by atoms with E-state index in [2.05, 4.69) is 10.7 Å². The summed E-state index contributed by atoms with van der Waals surface area (Å²) in [5.41, 5.74) is 4.64. The fourth-order valence-corrected chi connectivity index (χ4v) is 0.306. The minimum Gasteiger partial charge on any atom is -0.369 e. The Bertz CT molecular complexity index is 187. The molecule has 0 aliphatic carbocycles. The van der Waals surface area contributed by atoms with E-state index in [0.717, 1.165) is 0 Å². The Labute approximate surface area is 64.1 Å². The molecule has 4 amide bonds. The van der Waals surface area contributed by atoms with Crippen molar-refractivity contribution in [3.8, 4) is 0 Å². The third-order valence-corrected chi connectivity index (χ3v) is 0.636. The summed E-state index contributed by atoms with van der Waals surface area (Å²) < 4.78 is 0. The first-order valence-corrected chi connectivity index (χ1v) is 2.83. The molecule has 0 atom stereocenters. The molecule has 0 saturated carbocycles. The van der Waals surface area contributed by atoms with Crippen molar-refractivity contribution in [2.45, 2.75) is 0 Å². The quantitative estimate of drug-likeness (QED) is 0.393. The summed E-state index contributed by atoms with van der Waals surface area (Å²) in [7, 11) is 3.39. The van der Waals surface area contributed by atoms with Crippen LogP contribution in [0.3, 0.4) is 0 Å². The van der Waals surface area contributed by atoms with Crippen molar-refractivity contribution in [3.63, 3.8) is 0 Å². The molecule has 0 aromatic rings. The summed E-state index contributed by atoms with van der Waals surface area (Å²) in [5.74, 6) is 0. The van der Waals surface area contributed by atoms with Gasteiger partial charge in [0.15, 0.2) is 0 Å². The second-order valence-electron chi connectivity index (χ2n) is 2.00. The molecule has 62 valence electrons. The second-order valence-corrected chi connectivity index (χ2v) is 2.00. The molecule has 0 radical (unpaired) electrons. The fraction of sp³-hybridized carbons (Fsp3) is 0.400. The Morgan fingerprint density at radius 2 is 2.09 bits per heavy atom. The predicted octanol–water partition coefficient (Wildman–Crippen LogP) is -0.635. The van der Waals surface area contributed by atoms with Crippen LogP contribution in [0.25, 0.3) is 0 Å². The van der Waals surface area contributed by atoms with Gasteiger partial charge in [-0.25, -0.2) is 9.59 Å². The van der Waals surface area contributed by atoms with Gasteiger partial charge in [0.1, 0.15) is 0 Å². The summed E-state index contributed by atoms with van der Waals surface area (Å²) >= 11 is 0. The van der Waals surface area contributed by atoms with Crippen LogP contribution in [0.5, 0.6) is 0 Å². The van der Waals surface area contributed by atoms with Gasteiger partial charge in [0.25, 0.3) is 0 Å². The highest BCUT2D eigenvalue weighted by atomic mass is 16.2. The number of carbonyl (C=O) groups is 2. The lowest BCUT2D eigenvalue weighted by molar-refractivity contribution is 0.236. The number of hydrogen-bond donors (Lipinski definition) is 2. The number of nitrogens with one attached hydrogen (secondary N) is 1. The smallest absolute Gasteiger partial charge is 0.350 e. The minimum absolute atomic E-state index is 0.772. The predicted molar refractivity (Wildman–Crippen MR) is 40.3 cm³/mol. The molecule has 0 fully saturated rings. The SMILES string of the molecule is CN(C)/C=N\C(=O)NC(N)=O. The van der Waals surface area contributed by atoms with Crippen molar-refractivity contribution < 1.29 is 9.59 Å². The van der Waals surface area contributed by atoms with Gasteiger partial charge in [-0.3, -0.25) is 5.32 Å². The zero-order chi connectivity index (χ0) is 8.85. The third kappa shape index (κ3) is 6.29. The van der Waals surface area contributed by atoms with Crippen LogP contribution in [0, 0.1) is 0 Å². The Balaban J connectivity index is 3.78. The summed E-state index contributed by atoms with van der Waals surface area (Å²) in [5, 5.41) is 1.77. The molecular formula is C5H10N4O2. The highest BCUT2D eigenvalue weighted by Crippen LogP contribution is 1.72. The van der Waals surface area contributed by atoms with E-state index in [4.69, 9.17) is 0 Å². The van der Waals surface area contributed by atoms with Gasteiger partial charge >= 0.3 is 12.1 Å². The van der Waals surface area contributed by atoms with Crippen molar-refractivity contribution in [2.75, 3.05) is 14.1 Å². The van der Waals surface area contributed by atoms with E-state index in [1.165, 1.54) is 6.34 Å². The maximum atomic E-state index is 10.5. The molecule has 0 spiro atoms. The van der Waals surface area contributed by atoms with Gasteiger partial charge in [0, 0.05) is 14.1 Å². The first kappa shape index (κ1) is 9.41. The largest absolute Gasteiger partial charge is 0.369 e. The summed E-state index contributed by atoms with van der Waals surface area (Å²) in [6, 6.07) is -1.68. The third-order valence-electron chi connectivity index (χ3n) is 0.636. The normalized spacial score (nSPS) is 9.64. The van der Waals surface area contributed by atoms with Crippen molar-refractivity contribution in [1.29, 1.82) is 0 Å². The molecule has 0 aliphatic rings. The van der Waals surface area contributed by atoms with Crippen LogP contribution in [0.4, 0.5) is 9.59 Å². The Hall–Kier alpha value is -1.59. The van der Waals surface area contributed by atoms with E-state index in [1.54, 1.807) is 24.3 Å². The van der Waals surface area contributed by atoms with Crippen molar-refractivity contribution >= 4 is 18.4 Å². The number of amides is 4. The van der Waals surface area contributed by atoms with Crippen LogP contribution in [0.1, 0.15) is 0 Å². The van der Waals surface area contributed by atoms with Gasteiger partial charge < -0.3 is 10.6 Å². The van der Waals surface area contributed by atoms with Crippen LogP contribution >= 0.6 is 0 Å². The number of carbonyl (C=O) groups excluding carboxylic acids is 2. The molecule has 11 heavy (non-hydrogen) atoms. The first-order chi connectivity index (χ1) is 5.02. The second kappa shape index (κ2) is 4.26. The number of primary amides is 1. The zero-order valence-electron chi connectivity index (χ0n) is 6.37. The van der Waals surface area contributed by atoms with Gasteiger partial charge in [0.05, 0.1) is 6.34 Å². The van der Waals surface area contributed by atoms with Gasteiger partial charge in [-0.15, -0.1) is 0 Å². The van der Waals surface area contributed by atoms with Crippen molar-refractivity contribution in [2.24, 2.45) is 10.7 Å². The van der Waals surface area contributed by atoms with Crippen LogP contribution in [-0.2, 0) is 0 Å². The maximum Gasteiger partial charge on any atom is 0.350 e. The zero-order valence-corrected chi connectivity index (χ0v) is 6.37. The molecule has 0 aromatic carbocycles. The summed E-state index contributed by atoms with van der Waals surface area (Å²) in [6.07, 6.45) is 1.26. The molecule has 0 aliphatic heterocycles. The monoisotopic (exact) mass is 158 g/mol. The van der Waals surface area contributed by atoms with Crippen LogP contribution in [0.2, 0.25) is 0 Å².